The highest BCUT2D eigenvalue weighted by Crippen LogP contribution is 2.25. The van der Waals surface area contributed by atoms with E-state index in [4.69, 9.17) is 4.74 Å². The van der Waals surface area contributed by atoms with Gasteiger partial charge in [-0.05, 0) is 27.2 Å². The summed E-state index contributed by atoms with van der Waals surface area (Å²) in [6.45, 7) is 5.81. The molecule has 0 saturated carbocycles. The fourth-order valence-electron chi connectivity index (χ4n) is 2.97. The molecule has 9 nitrogen and oxygen atoms in total. The Balaban J connectivity index is 1.55. The summed E-state index contributed by atoms with van der Waals surface area (Å²) in [7, 11) is 1.79. The van der Waals surface area contributed by atoms with Crippen molar-refractivity contribution in [3.05, 3.63) is 22.5 Å². The number of ether oxygens (including phenoxy) is 1. The van der Waals surface area contributed by atoms with Crippen molar-refractivity contribution in [1.29, 1.82) is 0 Å². The molecule has 0 aromatic carbocycles. The van der Waals surface area contributed by atoms with Crippen LogP contribution in [0.25, 0.3) is 0 Å². The smallest absolute Gasteiger partial charge is 0.312 e. The molecule has 2 amide bonds. The Kier molecular flexibility index (Phi) is 5.78. The van der Waals surface area contributed by atoms with Crippen molar-refractivity contribution in [2.75, 3.05) is 16.8 Å². The minimum absolute atomic E-state index is 0.0507. The number of esters is 1. The van der Waals surface area contributed by atoms with Crippen molar-refractivity contribution >= 4 is 39.9 Å². The molecule has 3 rings (SSSR count). The maximum Gasteiger partial charge on any atom is 0.312 e. The predicted octanol–water partition coefficient (Wildman–Crippen LogP) is 1.73. The molecule has 0 spiro atoms. The average Bonchev–Trinajstić information content (AvgIpc) is 3.31. The number of rotatable bonds is 6. The van der Waals surface area contributed by atoms with Crippen molar-refractivity contribution < 1.29 is 19.1 Å². The van der Waals surface area contributed by atoms with Crippen molar-refractivity contribution in [3.8, 4) is 0 Å². The molecule has 1 N–H and O–H groups in total. The summed E-state index contributed by atoms with van der Waals surface area (Å²) in [5.74, 6) is -0.921. The minimum Gasteiger partial charge on any atom is -0.452 e. The van der Waals surface area contributed by atoms with Crippen molar-refractivity contribution in [2.45, 2.75) is 46.1 Å². The van der Waals surface area contributed by atoms with Crippen LogP contribution in [-0.4, -0.2) is 45.2 Å². The number of nitrogens with zero attached hydrogens (tertiary/aromatic N) is 4. The number of carbonyl (C=O) groups is 3. The van der Waals surface area contributed by atoms with Crippen LogP contribution in [0.2, 0.25) is 0 Å². The van der Waals surface area contributed by atoms with Gasteiger partial charge < -0.3 is 10.1 Å². The third-order valence-corrected chi connectivity index (χ3v) is 5.52. The van der Waals surface area contributed by atoms with Gasteiger partial charge >= 0.3 is 5.97 Å². The number of aromatic nitrogens is 3. The number of aryl methyl sites for hydroxylation is 2. The molecule has 0 bridgehead atoms. The Morgan fingerprint density at radius 1 is 1.39 bits per heavy atom. The first-order valence-electron chi connectivity index (χ1n) is 9.01. The van der Waals surface area contributed by atoms with Gasteiger partial charge in [0.05, 0.1) is 29.2 Å². The van der Waals surface area contributed by atoms with Gasteiger partial charge in [-0.15, -0.1) is 11.3 Å². The molecule has 0 aliphatic carbocycles. The lowest BCUT2D eigenvalue weighted by Gasteiger charge is -2.13. The first kappa shape index (κ1) is 20.0. The molecule has 2 aromatic heterocycles. The molecular weight excluding hydrogens is 382 g/mol. The lowest BCUT2D eigenvalue weighted by atomic mass is 10.3. The Morgan fingerprint density at radius 3 is 2.75 bits per heavy atom. The summed E-state index contributed by atoms with van der Waals surface area (Å²) in [5, 5.41) is 9.32. The molecule has 10 heteroatoms. The average molecular weight is 405 g/mol. The fraction of sp³-hybridized carbons (Fsp3) is 0.500. The van der Waals surface area contributed by atoms with Gasteiger partial charge in [0, 0.05) is 25.4 Å². The molecule has 1 aliphatic rings. The standard InChI is InChI=1S/C18H23N5O4S/c1-10-16(11(2)22(4)21-10)20-17(26)12(3)27-15(25)8-13-9-28-18(19-13)23-7-5-6-14(23)24/h9,12H,5-8H2,1-4H3,(H,20,26)/t12-/m0/s1. The molecule has 1 aliphatic heterocycles. The van der Waals surface area contributed by atoms with Crippen molar-refractivity contribution in [2.24, 2.45) is 7.05 Å². The van der Waals surface area contributed by atoms with Crippen LogP contribution in [0.5, 0.6) is 0 Å². The van der Waals surface area contributed by atoms with Gasteiger partial charge in [-0.2, -0.15) is 5.10 Å². The molecule has 2 aromatic rings. The van der Waals surface area contributed by atoms with Crippen LogP contribution >= 0.6 is 11.3 Å². The zero-order chi connectivity index (χ0) is 20.4. The van der Waals surface area contributed by atoms with Crippen LogP contribution in [0, 0.1) is 13.8 Å². The van der Waals surface area contributed by atoms with E-state index in [1.165, 1.54) is 18.3 Å². The summed E-state index contributed by atoms with van der Waals surface area (Å²) in [6.07, 6.45) is 0.337. The number of hydrogen-bond donors (Lipinski definition) is 1. The number of hydrogen-bond acceptors (Lipinski definition) is 7. The summed E-state index contributed by atoms with van der Waals surface area (Å²) < 4.78 is 6.91. The molecule has 150 valence electrons. The second-order valence-corrected chi connectivity index (χ2v) is 7.57. The van der Waals surface area contributed by atoms with Crippen LogP contribution in [0.3, 0.4) is 0 Å². The predicted molar refractivity (Wildman–Crippen MR) is 104 cm³/mol. The van der Waals surface area contributed by atoms with Crippen molar-refractivity contribution in [1.82, 2.24) is 14.8 Å². The lowest BCUT2D eigenvalue weighted by molar-refractivity contribution is -0.152. The monoisotopic (exact) mass is 405 g/mol. The molecule has 0 radical (unpaired) electrons. The number of amides is 2. The minimum atomic E-state index is -0.954. The summed E-state index contributed by atoms with van der Waals surface area (Å²) in [6, 6.07) is 0. The number of thiazole rings is 1. The van der Waals surface area contributed by atoms with E-state index in [1.54, 1.807) is 28.9 Å². The van der Waals surface area contributed by atoms with Crippen LogP contribution in [0.15, 0.2) is 5.38 Å². The van der Waals surface area contributed by atoms with E-state index in [2.05, 4.69) is 15.4 Å². The highest BCUT2D eigenvalue weighted by molar-refractivity contribution is 7.14. The number of anilines is 2. The molecule has 1 fully saturated rings. The van der Waals surface area contributed by atoms with Crippen molar-refractivity contribution in [3.63, 3.8) is 0 Å². The van der Waals surface area contributed by atoms with Gasteiger partial charge in [0.25, 0.3) is 5.91 Å². The Morgan fingerprint density at radius 2 is 2.14 bits per heavy atom. The summed E-state index contributed by atoms with van der Waals surface area (Å²) >= 11 is 1.32. The zero-order valence-electron chi connectivity index (χ0n) is 16.3. The van der Waals surface area contributed by atoms with E-state index in [-0.39, 0.29) is 12.3 Å². The van der Waals surface area contributed by atoms with E-state index in [9.17, 15) is 14.4 Å². The topological polar surface area (TPSA) is 106 Å². The largest absolute Gasteiger partial charge is 0.452 e. The van der Waals surface area contributed by atoms with Crippen LogP contribution in [0.4, 0.5) is 10.8 Å². The van der Waals surface area contributed by atoms with Crippen LogP contribution in [-0.2, 0) is 32.6 Å². The van der Waals surface area contributed by atoms with Gasteiger partial charge in [0.1, 0.15) is 0 Å². The number of nitrogens with one attached hydrogen (secondary N) is 1. The van der Waals surface area contributed by atoms with E-state index in [1.807, 2.05) is 6.92 Å². The summed E-state index contributed by atoms with van der Waals surface area (Å²) in [4.78, 5) is 42.3. The second kappa shape index (κ2) is 8.09. The molecular formula is C18H23N5O4S. The Hall–Kier alpha value is -2.75. The molecule has 1 atom stereocenters. The molecule has 1 saturated heterocycles. The third-order valence-electron chi connectivity index (χ3n) is 4.60. The normalized spacial score (nSPS) is 15.0. The summed E-state index contributed by atoms with van der Waals surface area (Å²) in [5.41, 5.74) is 2.65. The molecule has 3 heterocycles. The fourth-order valence-corrected chi connectivity index (χ4v) is 3.84. The van der Waals surface area contributed by atoms with Gasteiger partial charge in [-0.1, -0.05) is 0 Å². The van der Waals surface area contributed by atoms with Gasteiger partial charge in [-0.3, -0.25) is 24.0 Å². The highest BCUT2D eigenvalue weighted by atomic mass is 32.1. The Bertz CT molecular complexity index is 919. The van der Waals surface area contributed by atoms with E-state index >= 15 is 0 Å². The van der Waals surface area contributed by atoms with Crippen LogP contribution in [0.1, 0.15) is 36.8 Å². The van der Waals surface area contributed by atoms with Gasteiger partial charge in [0.2, 0.25) is 5.91 Å². The quantitative estimate of drug-likeness (QED) is 0.734. The van der Waals surface area contributed by atoms with Gasteiger partial charge in [-0.25, -0.2) is 4.98 Å². The molecule has 0 unspecified atom stereocenters. The maximum atomic E-state index is 12.3. The molecule has 28 heavy (non-hydrogen) atoms. The van der Waals surface area contributed by atoms with Crippen LogP contribution < -0.4 is 10.2 Å². The lowest BCUT2D eigenvalue weighted by Crippen LogP contribution is -2.31. The maximum absolute atomic E-state index is 12.3. The van der Waals surface area contributed by atoms with E-state index in [0.29, 0.717) is 35.2 Å². The first-order valence-corrected chi connectivity index (χ1v) is 9.89. The van der Waals surface area contributed by atoms with Gasteiger partial charge in [0.15, 0.2) is 11.2 Å². The zero-order valence-corrected chi connectivity index (χ0v) is 17.1. The Labute approximate surface area is 166 Å². The second-order valence-electron chi connectivity index (χ2n) is 6.74. The first-order chi connectivity index (χ1) is 13.3. The van der Waals surface area contributed by atoms with E-state index in [0.717, 1.165) is 12.1 Å². The SMILES string of the molecule is Cc1nn(C)c(C)c1NC(=O)[C@H](C)OC(=O)Cc1csc(N2CCCC2=O)n1. The number of carbonyl (C=O) groups excluding carboxylic acids is 3. The van der Waals surface area contributed by atoms with E-state index < -0.39 is 18.0 Å². The third kappa shape index (κ3) is 4.22. The highest BCUT2D eigenvalue weighted by Gasteiger charge is 2.25.